The van der Waals surface area contributed by atoms with E-state index in [9.17, 15) is 10.1 Å². The van der Waals surface area contributed by atoms with Crippen molar-refractivity contribution in [2.24, 2.45) is 0 Å². The summed E-state index contributed by atoms with van der Waals surface area (Å²) in [6, 6.07) is 4.87. The van der Waals surface area contributed by atoms with Gasteiger partial charge in [0.15, 0.2) is 0 Å². The maximum atomic E-state index is 10.9. The zero-order valence-corrected chi connectivity index (χ0v) is 11.0. The predicted octanol–water partition coefficient (Wildman–Crippen LogP) is 3.31. The van der Waals surface area contributed by atoms with Crippen molar-refractivity contribution >= 4 is 37.5 Å². The molecule has 2 aromatic rings. The lowest BCUT2D eigenvalue weighted by atomic mass is 10.2. The van der Waals surface area contributed by atoms with Gasteiger partial charge in [-0.2, -0.15) is 0 Å². The summed E-state index contributed by atoms with van der Waals surface area (Å²) in [4.78, 5) is 14.4. The van der Waals surface area contributed by atoms with E-state index < -0.39 is 4.92 Å². The number of aromatic nitrogens is 2. The molecule has 0 fully saturated rings. The van der Waals surface area contributed by atoms with Crippen molar-refractivity contribution in [2.45, 2.75) is 0 Å². The molecule has 0 atom stereocenters. The molecule has 0 unspecified atom stereocenters. The number of benzene rings is 1. The Morgan fingerprint density at radius 2 is 2.12 bits per heavy atom. The average molecular weight is 347 g/mol. The quantitative estimate of drug-likeness (QED) is 0.619. The van der Waals surface area contributed by atoms with E-state index in [1.54, 1.807) is 22.9 Å². The van der Waals surface area contributed by atoms with Crippen molar-refractivity contribution < 1.29 is 4.92 Å². The van der Waals surface area contributed by atoms with Crippen molar-refractivity contribution in [2.75, 3.05) is 0 Å². The molecule has 2 rings (SSSR count). The molecular weight excluding hydrogens is 342 g/mol. The predicted molar refractivity (Wildman–Crippen MR) is 65.6 cm³/mol. The lowest BCUT2D eigenvalue weighted by Gasteiger charge is -2.03. The van der Waals surface area contributed by atoms with Crippen LogP contribution in [0.15, 0.2) is 39.8 Å². The standard InChI is InChI=1S/C9H5Br2N3O2/c10-6-1-2-7(8(3-6)14(15)16)13-4-9(11)12-5-13/h1-5H. The van der Waals surface area contributed by atoms with Crippen LogP contribution in [0.2, 0.25) is 0 Å². The Balaban J connectivity index is 2.60. The molecule has 0 saturated heterocycles. The highest BCUT2D eigenvalue weighted by molar-refractivity contribution is 9.10. The number of rotatable bonds is 2. The van der Waals surface area contributed by atoms with Crippen LogP contribution in [0.25, 0.3) is 5.69 Å². The first-order valence-electron chi connectivity index (χ1n) is 4.22. The van der Waals surface area contributed by atoms with Gasteiger partial charge in [-0.1, -0.05) is 15.9 Å². The summed E-state index contributed by atoms with van der Waals surface area (Å²) in [5.74, 6) is 0. The molecule has 0 aliphatic carbocycles. The molecule has 0 aliphatic heterocycles. The SMILES string of the molecule is O=[N+]([O-])c1cc(Br)ccc1-n1cnc(Br)c1. The molecular formula is C9H5Br2N3O2. The van der Waals surface area contributed by atoms with E-state index in [1.165, 1.54) is 12.4 Å². The second-order valence-corrected chi connectivity index (χ2v) is 4.72. The van der Waals surface area contributed by atoms with Crippen LogP contribution in [-0.2, 0) is 0 Å². The van der Waals surface area contributed by atoms with E-state index in [0.717, 1.165) is 0 Å². The highest BCUT2D eigenvalue weighted by atomic mass is 79.9. The Morgan fingerprint density at radius 3 is 2.69 bits per heavy atom. The molecule has 0 saturated carbocycles. The van der Waals surface area contributed by atoms with Crippen LogP contribution in [0.1, 0.15) is 0 Å². The molecule has 82 valence electrons. The van der Waals surface area contributed by atoms with Gasteiger partial charge in [0.2, 0.25) is 0 Å². The summed E-state index contributed by atoms with van der Waals surface area (Å²) in [6.45, 7) is 0. The van der Waals surface area contributed by atoms with E-state index in [0.29, 0.717) is 14.8 Å². The van der Waals surface area contributed by atoms with Crippen LogP contribution in [-0.4, -0.2) is 14.5 Å². The summed E-state index contributed by atoms with van der Waals surface area (Å²) in [5.41, 5.74) is 0.505. The largest absolute Gasteiger partial charge is 0.299 e. The maximum Gasteiger partial charge on any atom is 0.294 e. The van der Waals surface area contributed by atoms with Crippen LogP contribution >= 0.6 is 31.9 Å². The molecule has 0 radical (unpaired) electrons. The number of hydrogen-bond acceptors (Lipinski definition) is 3. The van der Waals surface area contributed by atoms with E-state index in [1.807, 2.05) is 0 Å². The van der Waals surface area contributed by atoms with Crippen LogP contribution in [0.5, 0.6) is 0 Å². The Labute approximate surface area is 108 Å². The normalized spacial score (nSPS) is 10.4. The molecule has 16 heavy (non-hydrogen) atoms. The van der Waals surface area contributed by atoms with Gasteiger partial charge >= 0.3 is 0 Å². The fourth-order valence-corrected chi connectivity index (χ4v) is 1.95. The zero-order chi connectivity index (χ0) is 11.7. The third-order valence-electron chi connectivity index (χ3n) is 1.96. The minimum Gasteiger partial charge on any atom is -0.299 e. The summed E-state index contributed by atoms with van der Waals surface area (Å²) >= 11 is 6.40. The second kappa shape index (κ2) is 4.34. The Hall–Kier alpha value is -1.21. The third kappa shape index (κ3) is 2.14. The molecule has 0 spiro atoms. The fourth-order valence-electron chi connectivity index (χ4n) is 1.29. The van der Waals surface area contributed by atoms with Crippen molar-refractivity contribution in [3.63, 3.8) is 0 Å². The van der Waals surface area contributed by atoms with Gasteiger partial charge < -0.3 is 0 Å². The summed E-state index contributed by atoms with van der Waals surface area (Å²) in [5, 5.41) is 10.9. The average Bonchev–Trinajstić information content (AvgIpc) is 2.64. The van der Waals surface area contributed by atoms with Crippen molar-refractivity contribution in [3.8, 4) is 5.69 Å². The molecule has 5 nitrogen and oxygen atoms in total. The van der Waals surface area contributed by atoms with Gasteiger partial charge in [0.05, 0.1) is 4.92 Å². The van der Waals surface area contributed by atoms with Gasteiger partial charge in [0.25, 0.3) is 5.69 Å². The summed E-state index contributed by atoms with van der Waals surface area (Å²) < 4.78 is 2.89. The number of nitro groups is 1. The van der Waals surface area contributed by atoms with E-state index in [4.69, 9.17) is 0 Å². The van der Waals surface area contributed by atoms with E-state index in [-0.39, 0.29) is 5.69 Å². The number of hydrogen-bond donors (Lipinski definition) is 0. The molecule has 7 heteroatoms. The molecule has 0 aliphatic rings. The number of nitro benzene ring substituents is 1. The summed E-state index contributed by atoms with van der Waals surface area (Å²) in [7, 11) is 0. The molecule has 1 aromatic heterocycles. The van der Waals surface area contributed by atoms with Crippen LogP contribution < -0.4 is 0 Å². The lowest BCUT2D eigenvalue weighted by Crippen LogP contribution is -1.97. The fraction of sp³-hybridized carbons (Fsp3) is 0. The highest BCUT2D eigenvalue weighted by Gasteiger charge is 2.15. The van der Waals surface area contributed by atoms with Gasteiger partial charge in [-0.15, -0.1) is 0 Å². The minimum absolute atomic E-state index is 0.0271. The van der Waals surface area contributed by atoms with Crippen molar-refractivity contribution in [1.29, 1.82) is 0 Å². The molecule has 0 amide bonds. The number of nitrogens with zero attached hydrogens (tertiary/aromatic N) is 3. The topological polar surface area (TPSA) is 61.0 Å². The van der Waals surface area contributed by atoms with E-state index in [2.05, 4.69) is 36.8 Å². The summed E-state index contributed by atoms with van der Waals surface area (Å²) in [6.07, 6.45) is 3.18. The Kier molecular flexibility index (Phi) is 3.06. The molecule has 0 N–H and O–H groups in total. The Bertz CT molecular complexity index is 553. The van der Waals surface area contributed by atoms with Gasteiger partial charge in [-0.25, -0.2) is 4.98 Å². The maximum absolute atomic E-state index is 10.9. The van der Waals surface area contributed by atoms with Crippen molar-refractivity contribution in [3.05, 3.63) is 49.9 Å². The second-order valence-electron chi connectivity index (χ2n) is 2.99. The van der Waals surface area contributed by atoms with Crippen molar-refractivity contribution in [1.82, 2.24) is 9.55 Å². The number of imidazole rings is 1. The number of halogens is 2. The first-order valence-corrected chi connectivity index (χ1v) is 5.80. The van der Waals surface area contributed by atoms with Gasteiger partial charge in [-0.05, 0) is 28.1 Å². The smallest absolute Gasteiger partial charge is 0.294 e. The molecule has 0 bridgehead atoms. The zero-order valence-electron chi connectivity index (χ0n) is 7.80. The van der Waals surface area contributed by atoms with Crippen LogP contribution in [0, 0.1) is 10.1 Å². The minimum atomic E-state index is -0.423. The molecule has 1 aromatic carbocycles. The van der Waals surface area contributed by atoms with E-state index >= 15 is 0 Å². The van der Waals surface area contributed by atoms with Gasteiger partial charge in [0, 0.05) is 16.7 Å². The van der Waals surface area contributed by atoms with Gasteiger partial charge in [0.1, 0.15) is 16.6 Å². The molecule has 1 heterocycles. The monoisotopic (exact) mass is 345 g/mol. The first kappa shape index (κ1) is 11.3. The lowest BCUT2D eigenvalue weighted by molar-refractivity contribution is -0.384. The first-order chi connectivity index (χ1) is 7.58. The van der Waals surface area contributed by atoms with Gasteiger partial charge in [-0.3, -0.25) is 14.7 Å². The van der Waals surface area contributed by atoms with Crippen LogP contribution in [0.3, 0.4) is 0 Å². The highest BCUT2D eigenvalue weighted by Crippen LogP contribution is 2.27. The Morgan fingerprint density at radius 1 is 1.38 bits per heavy atom. The third-order valence-corrected chi connectivity index (χ3v) is 2.87. The van der Waals surface area contributed by atoms with Crippen LogP contribution in [0.4, 0.5) is 5.69 Å².